The maximum Gasteiger partial charge on any atom is 0.156 e. The lowest BCUT2D eigenvalue weighted by atomic mass is 10.0. The molecular formula is C12H15Cl3O3. The number of aliphatic hydroxyl groups is 1. The van der Waals surface area contributed by atoms with Gasteiger partial charge < -0.3 is 14.6 Å². The molecule has 18 heavy (non-hydrogen) atoms. The van der Waals surface area contributed by atoms with Crippen LogP contribution in [0.15, 0.2) is 12.1 Å². The molecule has 0 aromatic heterocycles. The molecule has 0 aliphatic carbocycles. The Balaban J connectivity index is 2.76. The van der Waals surface area contributed by atoms with Crippen LogP contribution >= 0.6 is 34.8 Å². The quantitative estimate of drug-likeness (QED) is 0.898. The summed E-state index contributed by atoms with van der Waals surface area (Å²) in [7, 11) is 1.52. The minimum atomic E-state index is -0.815. The lowest BCUT2D eigenvalue weighted by Gasteiger charge is -2.29. The van der Waals surface area contributed by atoms with E-state index in [1.807, 2.05) is 0 Å². The van der Waals surface area contributed by atoms with Crippen molar-refractivity contribution < 1.29 is 14.6 Å². The maximum absolute atomic E-state index is 9.91. The second-order valence-electron chi connectivity index (χ2n) is 4.33. The smallest absolute Gasteiger partial charge is 0.156 e. The first-order valence-corrected chi connectivity index (χ1v) is 6.42. The lowest BCUT2D eigenvalue weighted by Crippen LogP contribution is -2.42. The highest BCUT2D eigenvalue weighted by Gasteiger charge is 2.28. The molecule has 1 aromatic carbocycles. The molecule has 0 fully saturated rings. The topological polar surface area (TPSA) is 38.7 Å². The van der Waals surface area contributed by atoms with Crippen LogP contribution in [0.4, 0.5) is 0 Å². The van der Waals surface area contributed by atoms with Gasteiger partial charge >= 0.3 is 0 Å². The van der Waals surface area contributed by atoms with Crippen LogP contribution in [0.2, 0.25) is 15.1 Å². The lowest BCUT2D eigenvalue weighted by molar-refractivity contribution is -0.0914. The number of aliphatic hydroxyl groups excluding tert-OH is 1. The number of hydrogen-bond acceptors (Lipinski definition) is 3. The van der Waals surface area contributed by atoms with Gasteiger partial charge in [-0.25, -0.2) is 0 Å². The summed E-state index contributed by atoms with van der Waals surface area (Å²) < 4.78 is 10.6. The molecule has 102 valence electrons. The van der Waals surface area contributed by atoms with Crippen molar-refractivity contribution >= 4 is 34.8 Å². The number of halogens is 3. The summed E-state index contributed by atoms with van der Waals surface area (Å²) in [5.41, 5.74) is -0.717. The number of hydrogen-bond donors (Lipinski definition) is 1. The zero-order chi connectivity index (χ0) is 13.9. The summed E-state index contributed by atoms with van der Waals surface area (Å²) in [6.45, 7) is 3.53. The Morgan fingerprint density at radius 2 is 1.72 bits per heavy atom. The molecule has 0 aliphatic rings. The second kappa shape index (κ2) is 6.31. The largest absolute Gasteiger partial charge is 0.488 e. The van der Waals surface area contributed by atoms with Gasteiger partial charge in [0.2, 0.25) is 0 Å². The van der Waals surface area contributed by atoms with Crippen LogP contribution in [0, 0.1) is 0 Å². The summed E-state index contributed by atoms with van der Waals surface area (Å²) >= 11 is 17.7. The van der Waals surface area contributed by atoms with Crippen molar-refractivity contribution in [3.8, 4) is 5.75 Å². The van der Waals surface area contributed by atoms with Gasteiger partial charge in [0.05, 0.1) is 15.6 Å². The van der Waals surface area contributed by atoms with Gasteiger partial charge in [-0.1, -0.05) is 34.8 Å². The highest BCUT2D eigenvalue weighted by Crippen LogP contribution is 2.36. The first-order valence-electron chi connectivity index (χ1n) is 5.28. The average molecular weight is 314 g/mol. The van der Waals surface area contributed by atoms with Crippen molar-refractivity contribution in [3.05, 3.63) is 27.2 Å². The van der Waals surface area contributed by atoms with Gasteiger partial charge in [-0.05, 0) is 26.0 Å². The van der Waals surface area contributed by atoms with Crippen LogP contribution in [0.5, 0.6) is 5.75 Å². The molecule has 0 spiro atoms. The highest BCUT2D eigenvalue weighted by atomic mass is 35.5. The van der Waals surface area contributed by atoms with Crippen molar-refractivity contribution in [3.63, 3.8) is 0 Å². The molecule has 0 amide bonds. The normalized spacial score (nSPS) is 13.5. The average Bonchev–Trinajstić information content (AvgIpc) is 2.27. The molecule has 0 radical (unpaired) electrons. The van der Waals surface area contributed by atoms with E-state index in [1.165, 1.54) is 19.2 Å². The van der Waals surface area contributed by atoms with E-state index in [0.717, 1.165) is 0 Å². The number of methoxy groups -OCH3 is 1. The maximum atomic E-state index is 9.91. The number of rotatable bonds is 5. The molecule has 3 nitrogen and oxygen atoms in total. The number of benzene rings is 1. The fraction of sp³-hybridized carbons (Fsp3) is 0.500. The number of ether oxygens (including phenoxy) is 2. The predicted molar refractivity (Wildman–Crippen MR) is 74.1 cm³/mol. The van der Waals surface area contributed by atoms with E-state index in [-0.39, 0.29) is 6.61 Å². The van der Waals surface area contributed by atoms with Gasteiger partial charge in [0, 0.05) is 12.1 Å². The summed E-state index contributed by atoms with van der Waals surface area (Å²) in [6.07, 6.45) is -0.815. The van der Waals surface area contributed by atoms with E-state index >= 15 is 0 Å². The van der Waals surface area contributed by atoms with Gasteiger partial charge in [-0.15, -0.1) is 0 Å². The summed E-state index contributed by atoms with van der Waals surface area (Å²) in [6, 6.07) is 3.05. The predicted octanol–water partition coefficient (Wildman–Crippen LogP) is 3.81. The Kier molecular flexibility index (Phi) is 5.56. The molecule has 1 unspecified atom stereocenters. The van der Waals surface area contributed by atoms with Crippen molar-refractivity contribution in [2.45, 2.75) is 25.6 Å². The van der Waals surface area contributed by atoms with E-state index in [9.17, 15) is 5.11 Å². The third-order valence-electron chi connectivity index (χ3n) is 2.68. The van der Waals surface area contributed by atoms with Gasteiger partial charge in [0.25, 0.3) is 0 Å². The molecule has 0 saturated carbocycles. The van der Waals surface area contributed by atoms with E-state index in [1.54, 1.807) is 13.8 Å². The SMILES string of the molecule is COC(C)(C)C(O)COc1c(Cl)cc(Cl)cc1Cl. The zero-order valence-corrected chi connectivity index (χ0v) is 12.6. The monoisotopic (exact) mass is 312 g/mol. The van der Waals surface area contributed by atoms with E-state index in [2.05, 4.69) is 0 Å². The van der Waals surface area contributed by atoms with Crippen molar-refractivity contribution in [2.75, 3.05) is 13.7 Å². The summed E-state index contributed by atoms with van der Waals surface area (Å²) in [4.78, 5) is 0. The van der Waals surface area contributed by atoms with Crippen LogP contribution in [-0.4, -0.2) is 30.5 Å². The summed E-state index contributed by atoms with van der Waals surface area (Å²) in [5, 5.41) is 10.9. The van der Waals surface area contributed by atoms with Crippen molar-refractivity contribution in [2.24, 2.45) is 0 Å². The molecule has 0 bridgehead atoms. The van der Waals surface area contributed by atoms with Crippen LogP contribution < -0.4 is 4.74 Å². The van der Waals surface area contributed by atoms with Crippen molar-refractivity contribution in [1.29, 1.82) is 0 Å². The Hall–Kier alpha value is -0.190. The van der Waals surface area contributed by atoms with Crippen molar-refractivity contribution in [1.82, 2.24) is 0 Å². The van der Waals surface area contributed by atoms with Gasteiger partial charge in [-0.2, -0.15) is 0 Å². The Labute approximate surface area is 122 Å². The minimum Gasteiger partial charge on any atom is -0.488 e. The Bertz CT molecular complexity index is 398. The molecule has 1 aromatic rings. The van der Waals surface area contributed by atoms with E-state index in [4.69, 9.17) is 44.3 Å². The van der Waals surface area contributed by atoms with Crippen LogP contribution in [0.25, 0.3) is 0 Å². The molecule has 0 saturated heterocycles. The van der Waals surface area contributed by atoms with Gasteiger partial charge in [-0.3, -0.25) is 0 Å². The Morgan fingerprint density at radius 3 is 2.17 bits per heavy atom. The fourth-order valence-corrected chi connectivity index (χ4v) is 2.09. The molecule has 0 heterocycles. The van der Waals surface area contributed by atoms with Crippen LogP contribution in [-0.2, 0) is 4.74 Å². The van der Waals surface area contributed by atoms with Crippen LogP contribution in [0.3, 0.4) is 0 Å². The summed E-state index contributed by atoms with van der Waals surface area (Å²) in [5.74, 6) is 0.300. The second-order valence-corrected chi connectivity index (χ2v) is 5.58. The highest BCUT2D eigenvalue weighted by molar-refractivity contribution is 6.40. The first kappa shape index (κ1) is 15.9. The standard InChI is InChI=1S/C12H15Cl3O3/c1-12(2,17-3)10(16)6-18-11-8(14)4-7(13)5-9(11)15/h4-5,10,16H,6H2,1-3H3. The van der Waals surface area contributed by atoms with E-state index < -0.39 is 11.7 Å². The molecule has 1 N–H and O–H groups in total. The third kappa shape index (κ3) is 3.90. The molecular weight excluding hydrogens is 298 g/mol. The molecule has 6 heteroatoms. The van der Waals surface area contributed by atoms with Crippen LogP contribution in [0.1, 0.15) is 13.8 Å². The molecule has 1 atom stereocenters. The molecule has 0 aliphatic heterocycles. The fourth-order valence-electron chi connectivity index (χ4n) is 1.17. The van der Waals surface area contributed by atoms with Gasteiger partial charge in [0.1, 0.15) is 12.7 Å². The van der Waals surface area contributed by atoms with E-state index in [0.29, 0.717) is 20.8 Å². The first-order chi connectivity index (χ1) is 8.27. The molecule has 1 rings (SSSR count). The zero-order valence-electron chi connectivity index (χ0n) is 10.3. The Morgan fingerprint density at radius 1 is 1.22 bits per heavy atom. The minimum absolute atomic E-state index is 0.0158. The third-order valence-corrected chi connectivity index (χ3v) is 3.46. The van der Waals surface area contributed by atoms with Gasteiger partial charge in [0.15, 0.2) is 5.75 Å².